The Kier molecular flexibility index (Phi) is 6.66. The Balaban J connectivity index is 1.04. The maximum atomic E-state index is 6.58. The van der Waals surface area contributed by atoms with Crippen molar-refractivity contribution in [3.8, 4) is 34.0 Å². The minimum atomic E-state index is 0.654. The van der Waals surface area contributed by atoms with E-state index >= 15 is 0 Å². The summed E-state index contributed by atoms with van der Waals surface area (Å²) in [6.07, 6.45) is 0. The predicted octanol–water partition coefficient (Wildman–Crippen LogP) is 14.2. The van der Waals surface area contributed by atoms with E-state index in [2.05, 4.69) is 185 Å². The van der Waals surface area contributed by atoms with Crippen molar-refractivity contribution in [1.82, 2.24) is 19.1 Å². The largest absolute Gasteiger partial charge is 0.456 e. The molecule has 13 aromatic rings. The molecule has 0 radical (unpaired) electrons. The topological polar surface area (TPSA) is 48.8 Å². The quantitative estimate of drug-likeness (QED) is 0.180. The van der Waals surface area contributed by atoms with Gasteiger partial charge in [0, 0.05) is 49.0 Å². The summed E-state index contributed by atoms with van der Waals surface area (Å²) >= 11 is 0. The Hall–Kier alpha value is -8.02. The molecular weight excluding hydrogens is 721 g/mol. The Labute approximate surface area is 337 Å². The normalized spacial score (nSPS) is 12.1. The van der Waals surface area contributed by atoms with Gasteiger partial charge >= 0.3 is 0 Å². The second-order valence-corrected chi connectivity index (χ2v) is 15.3. The van der Waals surface area contributed by atoms with E-state index in [9.17, 15) is 0 Å². The molecule has 0 bridgehead atoms. The predicted molar refractivity (Wildman–Crippen MR) is 244 cm³/mol. The van der Waals surface area contributed by atoms with Crippen LogP contribution in [0.4, 0.5) is 0 Å². The number of benzene rings is 9. The standard InChI is InChI=1S/C54H32N4O/c1-2-14-36(15-3-1)57-47-28-26-34(31-42(47)51-37-16-5-4-13-33(37)25-29-48(51)57)35-27-30-49-43(32-35)52-41(20-12-24-50(52)59-49)53-55-44-21-9-6-19-40(44)54(56-53)58-45-22-10-7-17-38(45)39-18-8-11-23-46(39)58/h1-32H. The fourth-order valence-corrected chi connectivity index (χ4v) is 9.52. The van der Waals surface area contributed by atoms with Crippen LogP contribution in [0.25, 0.3) is 121 Å². The molecule has 0 aliphatic heterocycles. The van der Waals surface area contributed by atoms with Gasteiger partial charge in [-0.15, -0.1) is 0 Å². The number of furan rings is 1. The fourth-order valence-electron chi connectivity index (χ4n) is 9.52. The minimum Gasteiger partial charge on any atom is -0.456 e. The summed E-state index contributed by atoms with van der Waals surface area (Å²) in [4.78, 5) is 10.7. The van der Waals surface area contributed by atoms with Gasteiger partial charge in [-0.1, -0.05) is 121 Å². The van der Waals surface area contributed by atoms with Crippen LogP contribution in [0, 0.1) is 0 Å². The van der Waals surface area contributed by atoms with Crippen LogP contribution in [0.5, 0.6) is 0 Å². The van der Waals surface area contributed by atoms with Gasteiger partial charge in [-0.2, -0.15) is 0 Å². The van der Waals surface area contributed by atoms with Crippen molar-refractivity contribution in [2.45, 2.75) is 0 Å². The van der Waals surface area contributed by atoms with Gasteiger partial charge in [0.2, 0.25) is 0 Å². The highest BCUT2D eigenvalue weighted by atomic mass is 16.3. The second kappa shape index (κ2) is 12.2. The molecule has 0 aliphatic carbocycles. The van der Waals surface area contributed by atoms with Gasteiger partial charge in [-0.25, -0.2) is 9.97 Å². The molecule has 0 spiro atoms. The van der Waals surface area contributed by atoms with Crippen LogP contribution in [-0.4, -0.2) is 19.1 Å². The third-order valence-corrected chi connectivity index (χ3v) is 12.1. The van der Waals surface area contributed by atoms with Crippen molar-refractivity contribution in [3.63, 3.8) is 0 Å². The maximum absolute atomic E-state index is 6.58. The van der Waals surface area contributed by atoms with Crippen LogP contribution in [0.3, 0.4) is 0 Å². The van der Waals surface area contributed by atoms with Crippen LogP contribution < -0.4 is 0 Å². The van der Waals surface area contributed by atoms with Gasteiger partial charge in [-0.05, 0) is 94.7 Å². The molecule has 5 heteroatoms. The molecule has 0 fully saturated rings. The van der Waals surface area contributed by atoms with Crippen LogP contribution in [-0.2, 0) is 0 Å². The van der Waals surface area contributed by atoms with Gasteiger partial charge in [0.05, 0.1) is 27.6 Å². The van der Waals surface area contributed by atoms with E-state index < -0.39 is 0 Å². The second-order valence-electron chi connectivity index (χ2n) is 15.3. The molecule has 0 saturated heterocycles. The summed E-state index contributed by atoms with van der Waals surface area (Å²) < 4.78 is 11.3. The van der Waals surface area contributed by atoms with Gasteiger partial charge in [0.1, 0.15) is 17.0 Å². The average Bonchev–Trinajstić information content (AvgIpc) is 3.96. The summed E-state index contributed by atoms with van der Waals surface area (Å²) in [5.41, 5.74) is 11.4. The fraction of sp³-hybridized carbons (Fsp3) is 0. The maximum Gasteiger partial charge on any atom is 0.162 e. The van der Waals surface area contributed by atoms with Crippen molar-refractivity contribution < 1.29 is 4.42 Å². The van der Waals surface area contributed by atoms with E-state index in [1.807, 2.05) is 18.2 Å². The summed E-state index contributed by atoms with van der Waals surface area (Å²) in [5, 5.41) is 10.4. The number of nitrogens with zero attached hydrogens (tertiary/aromatic N) is 4. The van der Waals surface area contributed by atoms with Crippen molar-refractivity contribution in [2.75, 3.05) is 0 Å². The third-order valence-electron chi connectivity index (χ3n) is 12.1. The number of hydrogen-bond donors (Lipinski definition) is 0. The summed E-state index contributed by atoms with van der Waals surface area (Å²) in [6.45, 7) is 0. The van der Waals surface area contributed by atoms with E-state index in [4.69, 9.17) is 14.4 Å². The monoisotopic (exact) mass is 752 g/mol. The first kappa shape index (κ1) is 32.1. The minimum absolute atomic E-state index is 0.654. The molecular formula is C54H32N4O. The average molecular weight is 753 g/mol. The first-order valence-electron chi connectivity index (χ1n) is 20.0. The zero-order chi connectivity index (χ0) is 38.6. The van der Waals surface area contributed by atoms with Crippen LogP contribution in [0.15, 0.2) is 199 Å². The van der Waals surface area contributed by atoms with Crippen molar-refractivity contribution in [2.24, 2.45) is 0 Å². The molecule has 0 N–H and O–H groups in total. The molecule has 0 aliphatic rings. The zero-order valence-corrected chi connectivity index (χ0v) is 31.7. The highest BCUT2D eigenvalue weighted by Gasteiger charge is 2.21. The number of hydrogen-bond acceptors (Lipinski definition) is 3. The van der Waals surface area contributed by atoms with Crippen molar-refractivity contribution in [1.29, 1.82) is 0 Å². The summed E-state index contributed by atoms with van der Waals surface area (Å²) in [5.74, 6) is 1.50. The Morgan fingerprint density at radius 3 is 1.83 bits per heavy atom. The molecule has 4 aromatic heterocycles. The zero-order valence-electron chi connectivity index (χ0n) is 31.7. The number of fused-ring (bicyclic) bond motifs is 12. The van der Waals surface area contributed by atoms with Crippen LogP contribution in [0.1, 0.15) is 0 Å². The molecule has 0 saturated carbocycles. The van der Waals surface area contributed by atoms with Crippen LogP contribution in [0.2, 0.25) is 0 Å². The van der Waals surface area contributed by atoms with E-state index in [1.54, 1.807) is 0 Å². The van der Waals surface area contributed by atoms with E-state index in [-0.39, 0.29) is 0 Å². The lowest BCUT2D eigenvalue weighted by Crippen LogP contribution is -2.02. The number of aromatic nitrogens is 4. The van der Waals surface area contributed by atoms with Gasteiger partial charge in [0.25, 0.3) is 0 Å². The van der Waals surface area contributed by atoms with Crippen molar-refractivity contribution in [3.05, 3.63) is 194 Å². The Morgan fingerprint density at radius 1 is 0.373 bits per heavy atom. The van der Waals surface area contributed by atoms with Crippen molar-refractivity contribution >= 4 is 87.2 Å². The SMILES string of the molecule is c1ccc(-n2c3ccc(-c4ccc5oc6cccc(-c7nc(-n8c9ccccc9c9ccccc98)c8ccccc8n7)c6c5c4)cc3c3c4ccccc4ccc32)cc1. The molecule has 59 heavy (non-hydrogen) atoms. The smallest absolute Gasteiger partial charge is 0.162 e. The lowest BCUT2D eigenvalue weighted by atomic mass is 9.98. The van der Waals surface area contributed by atoms with E-state index in [0.717, 1.165) is 72.1 Å². The van der Waals surface area contributed by atoms with Gasteiger partial charge in [-0.3, -0.25) is 4.57 Å². The summed E-state index contributed by atoms with van der Waals surface area (Å²) in [6, 6.07) is 68.9. The molecule has 5 nitrogen and oxygen atoms in total. The molecule has 0 amide bonds. The van der Waals surface area contributed by atoms with Crippen LogP contribution >= 0.6 is 0 Å². The summed E-state index contributed by atoms with van der Waals surface area (Å²) in [7, 11) is 0. The molecule has 9 aromatic carbocycles. The molecule has 0 atom stereocenters. The van der Waals surface area contributed by atoms with Gasteiger partial charge < -0.3 is 8.98 Å². The first-order valence-corrected chi connectivity index (χ1v) is 20.0. The highest BCUT2D eigenvalue weighted by Crippen LogP contribution is 2.42. The molecule has 274 valence electrons. The molecule has 0 unspecified atom stereocenters. The highest BCUT2D eigenvalue weighted by molar-refractivity contribution is 6.22. The molecule has 4 heterocycles. The first-order chi connectivity index (χ1) is 29.3. The lowest BCUT2D eigenvalue weighted by molar-refractivity contribution is 0.669. The Morgan fingerprint density at radius 2 is 1.02 bits per heavy atom. The third kappa shape index (κ3) is 4.67. The number of para-hydroxylation sites is 4. The number of rotatable bonds is 4. The Bertz CT molecular complexity index is 3800. The van der Waals surface area contributed by atoms with E-state index in [1.165, 1.54) is 43.4 Å². The van der Waals surface area contributed by atoms with E-state index in [0.29, 0.717) is 5.82 Å². The van der Waals surface area contributed by atoms with Gasteiger partial charge in [0.15, 0.2) is 5.82 Å². The lowest BCUT2D eigenvalue weighted by Gasteiger charge is -2.13. The molecule has 13 rings (SSSR count).